The standard InChI is InChI=1S/C23H37N3O4S/c1-5-19(6-2)23(27)25-14-12-24(13-15-25)21-16-20(9-10-22(21)30-4)31(28,29)26-11-7-8-18(3)17-26/h9-10,16,18-19H,5-8,11-15,17H2,1-4H3. The van der Waals surface area contributed by atoms with Crippen molar-refractivity contribution in [2.75, 3.05) is 51.3 Å². The number of hydrogen-bond donors (Lipinski definition) is 0. The average molecular weight is 452 g/mol. The van der Waals surface area contributed by atoms with Gasteiger partial charge in [-0.2, -0.15) is 4.31 Å². The van der Waals surface area contributed by atoms with Gasteiger partial charge in [-0.1, -0.05) is 20.8 Å². The number of piperazine rings is 1. The molecule has 1 aromatic carbocycles. The second-order valence-electron chi connectivity index (χ2n) is 8.77. The maximum absolute atomic E-state index is 13.3. The normalized spacial score (nSPS) is 20.9. The Balaban J connectivity index is 1.78. The number of hydrogen-bond acceptors (Lipinski definition) is 5. The molecule has 7 nitrogen and oxygen atoms in total. The van der Waals surface area contributed by atoms with Crippen LogP contribution in [0.5, 0.6) is 5.75 Å². The van der Waals surface area contributed by atoms with E-state index in [0.29, 0.717) is 55.8 Å². The van der Waals surface area contributed by atoms with Crippen molar-refractivity contribution in [3.8, 4) is 5.75 Å². The number of carbonyl (C=O) groups excluding carboxylic acids is 1. The summed E-state index contributed by atoms with van der Waals surface area (Å²) in [5.74, 6) is 1.35. The average Bonchev–Trinajstić information content (AvgIpc) is 2.79. The Bertz CT molecular complexity index is 862. The first kappa shape index (κ1) is 23.9. The second kappa shape index (κ2) is 10.2. The van der Waals surface area contributed by atoms with Crippen molar-refractivity contribution in [3.63, 3.8) is 0 Å². The predicted molar refractivity (Wildman–Crippen MR) is 123 cm³/mol. The summed E-state index contributed by atoms with van der Waals surface area (Å²) in [5.41, 5.74) is 0.781. The molecule has 1 amide bonds. The predicted octanol–water partition coefficient (Wildman–Crippen LogP) is 3.20. The van der Waals surface area contributed by atoms with Crippen LogP contribution in [0.4, 0.5) is 5.69 Å². The maximum atomic E-state index is 13.3. The van der Waals surface area contributed by atoms with Crippen LogP contribution in [0.1, 0.15) is 46.5 Å². The highest BCUT2D eigenvalue weighted by Gasteiger charge is 2.31. The summed E-state index contributed by atoms with van der Waals surface area (Å²) in [6, 6.07) is 5.13. The van der Waals surface area contributed by atoms with Gasteiger partial charge in [0.15, 0.2) is 0 Å². The lowest BCUT2D eigenvalue weighted by Gasteiger charge is -2.38. The van der Waals surface area contributed by atoms with E-state index >= 15 is 0 Å². The van der Waals surface area contributed by atoms with Gasteiger partial charge in [-0.05, 0) is 49.8 Å². The molecule has 1 unspecified atom stereocenters. The third-order valence-electron chi connectivity index (χ3n) is 6.67. The number of anilines is 1. The van der Waals surface area contributed by atoms with Crippen LogP contribution < -0.4 is 9.64 Å². The highest BCUT2D eigenvalue weighted by Crippen LogP contribution is 2.34. The number of carbonyl (C=O) groups is 1. The Morgan fingerprint density at radius 2 is 1.81 bits per heavy atom. The van der Waals surface area contributed by atoms with E-state index in [4.69, 9.17) is 4.74 Å². The number of ether oxygens (including phenoxy) is 1. The molecule has 3 rings (SSSR count). The van der Waals surface area contributed by atoms with Crippen LogP contribution in [0.25, 0.3) is 0 Å². The molecule has 0 aliphatic carbocycles. The minimum Gasteiger partial charge on any atom is -0.495 e. The van der Waals surface area contributed by atoms with Crippen molar-refractivity contribution in [3.05, 3.63) is 18.2 Å². The van der Waals surface area contributed by atoms with E-state index in [1.807, 2.05) is 4.90 Å². The first-order valence-corrected chi connectivity index (χ1v) is 13.0. The molecule has 8 heteroatoms. The summed E-state index contributed by atoms with van der Waals surface area (Å²) < 4.78 is 33.7. The van der Waals surface area contributed by atoms with E-state index in [0.717, 1.165) is 31.4 Å². The van der Waals surface area contributed by atoms with Gasteiger partial charge in [0.05, 0.1) is 17.7 Å². The third-order valence-corrected chi connectivity index (χ3v) is 8.54. The number of benzene rings is 1. The number of piperidine rings is 1. The molecule has 1 atom stereocenters. The number of methoxy groups -OCH3 is 1. The third kappa shape index (κ3) is 5.17. The van der Waals surface area contributed by atoms with Gasteiger partial charge in [0.1, 0.15) is 5.75 Å². The Hall–Kier alpha value is -1.80. The van der Waals surface area contributed by atoms with Crippen LogP contribution in [0.3, 0.4) is 0 Å². The zero-order valence-electron chi connectivity index (χ0n) is 19.3. The molecular formula is C23H37N3O4S. The van der Waals surface area contributed by atoms with E-state index in [9.17, 15) is 13.2 Å². The highest BCUT2D eigenvalue weighted by atomic mass is 32.2. The Labute approximate surface area is 187 Å². The molecule has 174 valence electrons. The molecule has 2 aliphatic rings. The lowest BCUT2D eigenvalue weighted by atomic mass is 10.0. The van der Waals surface area contributed by atoms with Gasteiger partial charge in [-0.3, -0.25) is 4.79 Å². The quantitative estimate of drug-likeness (QED) is 0.637. The zero-order chi connectivity index (χ0) is 22.6. The van der Waals surface area contributed by atoms with Crippen molar-refractivity contribution < 1.29 is 17.9 Å². The minimum absolute atomic E-state index is 0.0847. The Kier molecular flexibility index (Phi) is 7.86. The summed E-state index contributed by atoms with van der Waals surface area (Å²) in [6.45, 7) is 9.95. The molecule has 2 aliphatic heterocycles. The molecular weight excluding hydrogens is 414 g/mol. The number of amides is 1. The molecule has 2 saturated heterocycles. The van der Waals surface area contributed by atoms with Crippen LogP contribution in [-0.2, 0) is 14.8 Å². The monoisotopic (exact) mass is 451 g/mol. The lowest BCUT2D eigenvalue weighted by molar-refractivity contribution is -0.136. The van der Waals surface area contributed by atoms with Crippen molar-refractivity contribution >= 4 is 21.6 Å². The van der Waals surface area contributed by atoms with E-state index in [1.54, 1.807) is 29.6 Å². The molecule has 31 heavy (non-hydrogen) atoms. The first-order valence-electron chi connectivity index (χ1n) is 11.5. The highest BCUT2D eigenvalue weighted by molar-refractivity contribution is 7.89. The maximum Gasteiger partial charge on any atom is 0.243 e. The second-order valence-corrected chi connectivity index (χ2v) is 10.7. The van der Waals surface area contributed by atoms with E-state index in [-0.39, 0.29) is 11.8 Å². The van der Waals surface area contributed by atoms with Gasteiger partial charge in [0.2, 0.25) is 15.9 Å². The van der Waals surface area contributed by atoms with E-state index in [2.05, 4.69) is 25.7 Å². The fraction of sp³-hybridized carbons (Fsp3) is 0.696. The van der Waals surface area contributed by atoms with Crippen LogP contribution in [0.2, 0.25) is 0 Å². The topological polar surface area (TPSA) is 70.2 Å². The largest absolute Gasteiger partial charge is 0.495 e. The fourth-order valence-electron chi connectivity index (χ4n) is 4.65. The van der Waals surface area contributed by atoms with Crippen LogP contribution in [0, 0.1) is 11.8 Å². The van der Waals surface area contributed by atoms with Crippen LogP contribution in [-0.4, -0.2) is 69.9 Å². The SMILES string of the molecule is CCC(CC)C(=O)N1CCN(c2cc(S(=O)(=O)N3CCCC(C)C3)ccc2OC)CC1. The van der Waals surface area contributed by atoms with Crippen molar-refractivity contribution in [1.82, 2.24) is 9.21 Å². The van der Waals surface area contributed by atoms with Crippen molar-refractivity contribution in [2.45, 2.75) is 51.3 Å². The van der Waals surface area contributed by atoms with E-state index < -0.39 is 10.0 Å². The lowest BCUT2D eigenvalue weighted by Crippen LogP contribution is -2.50. The zero-order valence-corrected chi connectivity index (χ0v) is 20.2. The number of sulfonamides is 1. The molecule has 1 aromatic rings. The summed E-state index contributed by atoms with van der Waals surface area (Å²) in [4.78, 5) is 17.1. The van der Waals surface area contributed by atoms with Gasteiger partial charge in [-0.25, -0.2) is 8.42 Å². The molecule has 2 heterocycles. The van der Waals surface area contributed by atoms with E-state index in [1.165, 1.54) is 0 Å². The van der Waals surface area contributed by atoms with Gasteiger partial charge in [0.25, 0.3) is 0 Å². The Morgan fingerprint density at radius 1 is 1.13 bits per heavy atom. The molecule has 0 radical (unpaired) electrons. The summed E-state index contributed by atoms with van der Waals surface area (Å²) >= 11 is 0. The summed E-state index contributed by atoms with van der Waals surface area (Å²) in [5, 5.41) is 0. The summed E-state index contributed by atoms with van der Waals surface area (Å²) in [7, 11) is -1.93. The molecule has 0 saturated carbocycles. The Morgan fingerprint density at radius 3 is 2.39 bits per heavy atom. The van der Waals surface area contributed by atoms with Crippen molar-refractivity contribution in [1.29, 1.82) is 0 Å². The molecule has 0 N–H and O–H groups in total. The minimum atomic E-state index is -3.54. The van der Waals surface area contributed by atoms with Gasteiger partial charge < -0.3 is 14.5 Å². The molecule has 0 spiro atoms. The van der Waals surface area contributed by atoms with Crippen LogP contribution >= 0.6 is 0 Å². The molecule has 0 aromatic heterocycles. The van der Waals surface area contributed by atoms with Crippen LogP contribution in [0.15, 0.2) is 23.1 Å². The van der Waals surface area contributed by atoms with Gasteiger partial charge >= 0.3 is 0 Å². The molecule has 0 bridgehead atoms. The number of rotatable bonds is 7. The summed E-state index contributed by atoms with van der Waals surface area (Å²) in [6.07, 6.45) is 3.69. The van der Waals surface area contributed by atoms with Crippen molar-refractivity contribution in [2.24, 2.45) is 11.8 Å². The first-order chi connectivity index (χ1) is 14.8. The molecule has 2 fully saturated rings. The fourth-order valence-corrected chi connectivity index (χ4v) is 6.27. The number of nitrogens with zero attached hydrogens (tertiary/aromatic N) is 3. The van der Waals surface area contributed by atoms with Gasteiger partial charge in [0, 0.05) is 45.2 Å². The smallest absolute Gasteiger partial charge is 0.243 e. The van der Waals surface area contributed by atoms with Gasteiger partial charge in [-0.15, -0.1) is 0 Å².